The fraction of sp³-hybridized carbons (Fsp3) is 0.294. The van der Waals surface area contributed by atoms with E-state index < -0.39 is 0 Å². The molecule has 0 saturated carbocycles. The fourth-order valence-corrected chi connectivity index (χ4v) is 2.43. The number of fused-ring (bicyclic) bond motifs is 1. The van der Waals surface area contributed by atoms with E-state index in [4.69, 9.17) is 15.2 Å². The standard InChI is InChI=1S/C17H19NO2/c18-15(14-4-2-1-3-5-14)8-6-13-7-9-16-17(12-13)20-11-10-19-16/h1-5,7,9,12,15H,6,8,10-11,18H2/t15-/m0/s1. The van der Waals surface area contributed by atoms with Gasteiger partial charge in [0.05, 0.1) is 0 Å². The van der Waals surface area contributed by atoms with E-state index >= 15 is 0 Å². The Labute approximate surface area is 119 Å². The van der Waals surface area contributed by atoms with Gasteiger partial charge in [-0.25, -0.2) is 0 Å². The van der Waals surface area contributed by atoms with Crippen molar-refractivity contribution in [2.75, 3.05) is 13.2 Å². The van der Waals surface area contributed by atoms with Crippen LogP contribution in [-0.2, 0) is 6.42 Å². The minimum atomic E-state index is 0.0735. The number of hydrogen-bond donors (Lipinski definition) is 1. The van der Waals surface area contributed by atoms with E-state index in [1.807, 2.05) is 24.3 Å². The van der Waals surface area contributed by atoms with Crippen molar-refractivity contribution in [1.82, 2.24) is 0 Å². The normalized spacial score (nSPS) is 14.8. The van der Waals surface area contributed by atoms with E-state index in [1.54, 1.807) is 0 Å². The van der Waals surface area contributed by atoms with Crippen molar-refractivity contribution in [1.29, 1.82) is 0 Å². The van der Waals surface area contributed by atoms with Crippen LogP contribution >= 0.6 is 0 Å². The molecule has 0 aromatic heterocycles. The van der Waals surface area contributed by atoms with Gasteiger partial charge in [0.2, 0.25) is 0 Å². The van der Waals surface area contributed by atoms with Gasteiger partial charge < -0.3 is 15.2 Å². The van der Waals surface area contributed by atoms with Crippen LogP contribution in [0.3, 0.4) is 0 Å². The van der Waals surface area contributed by atoms with E-state index in [1.165, 1.54) is 11.1 Å². The highest BCUT2D eigenvalue weighted by Crippen LogP contribution is 2.31. The zero-order valence-corrected chi connectivity index (χ0v) is 11.4. The van der Waals surface area contributed by atoms with E-state index in [2.05, 4.69) is 24.3 Å². The summed E-state index contributed by atoms with van der Waals surface area (Å²) in [4.78, 5) is 0. The van der Waals surface area contributed by atoms with Crippen molar-refractivity contribution in [3.05, 3.63) is 59.7 Å². The molecule has 1 atom stereocenters. The van der Waals surface area contributed by atoms with Gasteiger partial charge in [0.25, 0.3) is 0 Å². The summed E-state index contributed by atoms with van der Waals surface area (Å²) in [6.45, 7) is 1.26. The van der Waals surface area contributed by atoms with Crippen LogP contribution < -0.4 is 15.2 Å². The maximum absolute atomic E-state index is 6.22. The highest BCUT2D eigenvalue weighted by molar-refractivity contribution is 5.43. The Hall–Kier alpha value is -2.00. The minimum Gasteiger partial charge on any atom is -0.486 e. The summed E-state index contributed by atoms with van der Waals surface area (Å²) >= 11 is 0. The lowest BCUT2D eigenvalue weighted by Crippen LogP contribution is -2.15. The third-order valence-electron chi connectivity index (χ3n) is 3.58. The Kier molecular flexibility index (Phi) is 3.88. The Morgan fingerprint density at radius 3 is 2.50 bits per heavy atom. The van der Waals surface area contributed by atoms with Crippen molar-refractivity contribution in [2.24, 2.45) is 5.73 Å². The van der Waals surface area contributed by atoms with Gasteiger partial charge in [-0.05, 0) is 36.1 Å². The van der Waals surface area contributed by atoms with Crippen LogP contribution in [0.1, 0.15) is 23.6 Å². The molecule has 3 nitrogen and oxygen atoms in total. The molecule has 0 amide bonds. The van der Waals surface area contributed by atoms with Crippen LogP contribution in [0, 0.1) is 0 Å². The predicted molar refractivity (Wildman–Crippen MR) is 79.1 cm³/mol. The fourth-order valence-electron chi connectivity index (χ4n) is 2.43. The summed E-state index contributed by atoms with van der Waals surface area (Å²) in [5.41, 5.74) is 8.65. The molecule has 0 aliphatic carbocycles. The van der Waals surface area contributed by atoms with E-state index in [-0.39, 0.29) is 6.04 Å². The van der Waals surface area contributed by atoms with Crippen molar-refractivity contribution in [3.8, 4) is 11.5 Å². The Morgan fingerprint density at radius 2 is 1.70 bits per heavy atom. The van der Waals surface area contributed by atoms with Crippen molar-refractivity contribution in [2.45, 2.75) is 18.9 Å². The topological polar surface area (TPSA) is 44.5 Å². The maximum Gasteiger partial charge on any atom is 0.161 e. The Balaban J connectivity index is 1.64. The molecular weight excluding hydrogens is 250 g/mol. The minimum absolute atomic E-state index is 0.0735. The SMILES string of the molecule is N[C@@H](CCc1ccc2c(c1)OCCO2)c1ccccc1. The summed E-state index contributed by atoms with van der Waals surface area (Å²) in [6, 6.07) is 16.4. The van der Waals surface area contributed by atoms with Crippen LogP contribution in [0.25, 0.3) is 0 Å². The Morgan fingerprint density at radius 1 is 0.950 bits per heavy atom. The van der Waals surface area contributed by atoms with Crippen LogP contribution in [0.15, 0.2) is 48.5 Å². The van der Waals surface area contributed by atoms with Crippen LogP contribution in [-0.4, -0.2) is 13.2 Å². The van der Waals surface area contributed by atoms with Crippen LogP contribution in [0.5, 0.6) is 11.5 Å². The number of hydrogen-bond acceptors (Lipinski definition) is 3. The average Bonchev–Trinajstić information content (AvgIpc) is 2.53. The molecule has 0 saturated heterocycles. The number of benzene rings is 2. The number of nitrogens with two attached hydrogens (primary N) is 1. The first-order valence-electron chi connectivity index (χ1n) is 7.02. The predicted octanol–water partition coefficient (Wildman–Crippen LogP) is 3.09. The third kappa shape index (κ3) is 2.94. The monoisotopic (exact) mass is 269 g/mol. The van der Waals surface area contributed by atoms with Crippen LogP contribution in [0.4, 0.5) is 0 Å². The van der Waals surface area contributed by atoms with E-state index in [9.17, 15) is 0 Å². The largest absolute Gasteiger partial charge is 0.486 e. The quantitative estimate of drug-likeness (QED) is 0.927. The first-order valence-corrected chi connectivity index (χ1v) is 7.02. The van der Waals surface area contributed by atoms with Crippen molar-refractivity contribution >= 4 is 0 Å². The average molecular weight is 269 g/mol. The first-order chi connectivity index (χ1) is 9.83. The van der Waals surface area contributed by atoms with Crippen LogP contribution in [0.2, 0.25) is 0 Å². The van der Waals surface area contributed by atoms with Crippen molar-refractivity contribution in [3.63, 3.8) is 0 Å². The number of rotatable bonds is 4. The first kappa shape index (κ1) is 13.0. The lowest BCUT2D eigenvalue weighted by molar-refractivity contribution is 0.171. The number of ether oxygens (including phenoxy) is 2. The highest BCUT2D eigenvalue weighted by atomic mass is 16.6. The van der Waals surface area contributed by atoms with Gasteiger partial charge in [0, 0.05) is 6.04 Å². The molecule has 104 valence electrons. The molecule has 0 unspecified atom stereocenters. The second kappa shape index (κ2) is 5.97. The van der Waals surface area contributed by atoms with E-state index in [0.717, 1.165) is 24.3 Å². The summed E-state index contributed by atoms with van der Waals surface area (Å²) in [7, 11) is 0. The zero-order valence-electron chi connectivity index (χ0n) is 11.4. The summed E-state index contributed by atoms with van der Waals surface area (Å²) in [6.07, 6.45) is 1.86. The van der Waals surface area contributed by atoms with Gasteiger partial charge in [-0.1, -0.05) is 36.4 Å². The molecule has 2 aromatic rings. The summed E-state index contributed by atoms with van der Waals surface area (Å²) < 4.78 is 11.1. The molecule has 1 aliphatic heterocycles. The third-order valence-corrected chi connectivity index (χ3v) is 3.58. The molecule has 20 heavy (non-hydrogen) atoms. The molecule has 3 rings (SSSR count). The van der Waals surface area contributed by atoms with Gasteiger partial charge in [-0.15, -0.1) is 0 Å². The van der Waals surface area contributed by atoms with Gasteiger partial charge in [0.1, 0.15) is 13.2 Å². The second-order valence-corrected chi connectivity index (χ2v) is 5.03. The molecular formula is C17H19NO2. The summed E-state index contributed by atoms with van der Waals surface area (Å²) in [5.74, 6) is 1.69. The molecule has 0 fully saturated rings. The molecule has 0 radical (unpaired) electrons. The van der Waals surface area contributed by atoms with Gasteiger partial charge in [0.15, 0.2) is 11.5 Å². The smallest absolute Gasteiger partial charge is 0.161 e. The molecule has 1 heterocycles. The lowest BCUT2D eigenvalue weighted by Gasteiger charge is -2.19. The molecule has 2 N–H and O–H groups in total. The lowest BCUT2D eigenvalue weighted by atomic mass is 9.99. The van der Waals surface area contributed by atoms with E-state index in [0.29, 0.717) is 13.2 Å². The zero-order chi connectivity index (χ0) is 13.8. The Bertz CT molecular complexity index is 568. The molecule has 1 aliphatic rings. The van der Waals surface area contributed by atoms with Gasteiger partial charge in [-0.3, -0.25) is 0 Å². The van der Waals surface area contributed by atoms with Gasteiger partial charge in [-0.2, -0.15) is 0 Å². The molecule has 3 heteroatoms. The highest BCUT2D eigenvalue weighted by Gasteiger charge is 2.12. The second-order valence-electron chi connectivity index (χ2n) is 5.03. The summed E-state index contributed by atoms with van der Waals surface area (Å²) in [5, 5.41) is 0. The maximum atomic E-state index is 6.22. The molecule has 0 bridgehead atoms. The van der Waals surface area contributed by atoms with Crippen molar-refractivity contribution < 1.29 is 9.47 Å². The molecule has 0 spiro atoms. The van der Waals surface area contributed by atoms with Gasteiger partial charge >= 0.3 is 0 Å². The molecule has 2 aromatic carbocycles. The number of aryl methyl sites for hydroxylation is 1.